The second kappa shape index (κ2) is 7.24. The molecule has 1 rings (SSSR count). The Morgan fingerprint density at radius 2 is 2.35 bits per heavy atom. The average Bonchev–Trinajstić information content (AvgIpc) is 2.76. The van der Waals surface area contributed by atoms with E-state index in [1.807, 2.05) is 0 Å². The number of carbonyl (C=O) groups is 2. The molecule has 2 atom stereocenters. The highest BCUT2D eigenvalue weighted by Crippen LogP contribution is 2.08. The van der Waals surface area contributed by atoms with Gasteiger partial charge in [-0.25, -0.2) is 0 Å². The smallest absolute Gasteiger partial charge is 0.306 e. The van der Waals surface area contributed by atoms with E-state index in [9.17, 15) is 9.59 Å². The van der Waals surface area contributed by atoms with Crippen molar-refractivity contribution >= 4 is 11.9 Å². The number of rotatable bonds is 7. The Labute approximate surface area is 101 Å². The number of hydrogen-bond donors (Lipinski definition) is 3. The van der Waals surface area contributed by atoms with E-state index in [0.29, 0.717) is 6.42 Å². The number of nitrogens with one attached hydrogen (secondary N) is 2. The Hall–Kier alpha value is -1.14. The fourth-order valence-corrected chi connectivity index (χ4v) is 1.89. The molecule has 2 unspecified atom stereocenters. The molecule has 0 aliphatic carbocycles. The van der Waals surface area contributed by atoms with Gasteiger partial charge in [-0.1, -0.05) is 0 Å². The van der Waals surface area contributed by atoms with Crippen molar-refractivity contribution in [2.24, 2.45) is 0 Å². The predicted octanol–water partition coefficient (Wildman–Crippen LogP) is -0.266. The largest absolute Gasteiger partial charge is 0.481 e. The molecule has 0 bridgehead atoms. The van der Waals surface area contributed by atoms with E-state index >= 15 is 0 Å². The van der Waals surface area contributed by atoms with E-state index in [1.54, 1.807) is 0 Å². The van der Waals surface area contributed by atoms with E-state index < -0.39 is 12.1 Å². The molecule has 0 spiro atoms. The molecule has 0 aromatic carbocycles. The summed E-state index contributed by atoms with van der Waals surface area (Å²) in [5.41, 5.74) is 0. The van der Waals surface area contributed by atoms with Gasteiger partial charge in [0.15, 0.2) is 0 Å². The highest BCUT2D eigenvalue weighted by molar-refractivity contribution is 5.76. The zero-order valence-corrected chi connectivity index (χ0v) is 10.1. The number of aliphatic carboxylic acids is 1. The molecule has 98 valence electrons. The van der Waals surface area contributed by atoms with Gasteiger partial charge in [0.05, 0.1) is 12.5 Å². The third-order valence-electron chi connectivity index (χ3n) is 2.86. The van der Waals surface area contributed by atoms with Crippen LogP contribution in [0.25, 0.3) is 0 Å². The van der Waals surface area contributed by atoms with Crippen LogP contribution in [0.3, 0.4) is 0 Å². The first-order valence-electron chi connectivity index (χ1n) is 5.86. The van der Waals surface area contributed by atoms with Crippen LogP contribution in [0.2, 0.25) is 0 Å². The summed E-state index contributed by atoms with van der Waals surface area (Å²) in [7, 11) is 1.44. The molecule has 0 aromatic rings. The van der Waals surface area contributed by atoms with E-state index in [1.165, 1.54) is 7.11 Å². The average molecular weight is 244 g/mol. The zero-order chi connectivity index (χ0) is 12.7. The van der Waals surface area contributed by atoms with Crippen LogP contribution in [-0.2, 0) is 14.3 Å². The predicted molar refractivity (Wildman–Crippen MR) is 61.7 cm³/mol. The fourth-order valence-electron chi connectivity index (χ4n) is 1.89. The van der Waals surface area contributed by atoms with Crippen LogP contribution in [0.5, 0.6) is 0 Å². The topological polar surface area (TPSA) is 87.7 Å². The first-order chi connectivity index (χ1) is 8.11. The van der Waals surface area contributed by atoms with Crippen LogP contribution in [0.1, 0.15) is 25.7 Å². The Balaban J connectivity index is 2.18. The zero-order valence-electron chi connectivity index (χ0n) is 10.1. The van der Waals surface area contributed by atoms with Crippen molar-refractivity contribution in [2.45, 2.75) is 37.8 Å². The summed E-state index contributed by atoms with van der Waals surface area (Å²) in [4.78, 5) is 22.0. The highest BCUT2D eigenvalue weighted by atomic mass is 16.5. The number of methoxy groups -OCH3 is 1. The minimum Gasteiger partial charge on any atom is -0.481 e. The van der Waals surface area contributed by atoms with Crippen molar-refractivity contribution in [3.05, 3.63) is 0 Å². The molecule has 17 heavy (non-hydrogen) atoms. The lowest BCUT2D eigenvalue weighted by atomic mass is 10.1. The second-order valence-electron chi connectivity index (χ2n) is 4.26. The van der Waals surface area contributed by atoms with Crippen molar-refractivity contribution in [2.75, 3.05) is 20.2 Å². The van der Waals surface area contributed by atoms with Crippen LogP contribution < -0.4 is 10.6 Å². The molecule has 0 saturated carbocycles. The Morgan fingerprint density at radius 1 is 1.59 bits per heavy atom. The Morgan fingerprint density at radius 3 is 2.88 bits per heavy atom. The Bertz CT molecular complexity index is 264. The number of hydrogen-bond acceptors (Lipinski definition) is 4. The SMILES string of the molecule is COC(CNC(=O)CC1CCCN1)CC(=O)O. The first kappa shape index (κ1) is 13.9. The van der Waals surface area contributed by atoms with Gasteiger partial charge in [0.2, 0.25) is 5.91 Å². The minimum atomic E-state index is -0.927. The summed E-state index contributed by atoms with van der Waals surface area (Å²) in [6, 6.07) is 0.260. The summed E-state index contributed by atoms with van der Waals surface area (Å²) < 4.78 is 4.97. The summed E-state index contributed by atoms with van der Waals surface area (Å²) in [5, 5.41) is 14.5. The van der Waals surface area contributed by atoms with Gasteiger partial charge >= 0.3 is 5.97 Å². The lowest BCUT2D eigenvalue weighted by Crippen LogP contribution is -2.37. The van der Waals surface area contributed by atoms with Gasteiger partial charge in [-0.15, -0.1) is 0 Å². The van der Waals surface area contributed by atoms with Gasteiger partial charge in [-0.2, -0.15) is 0 Å². The molecule has 1 heterocycles. The van der Waals surface area contributed by atoms with Gasteiger partial charge in [-0.05, 0) is 19.4 Å². The molecule has 0 radical (unpaired) electrons. The van der Waals surface area contributed by atoms with E-state index in [2.05, 4.69) is 10.6 Å². The molecule has 1 saturated heterocycles. The lowest BCUT2D eigenvalue weighted by Gasteiger charge is -2.15. The summed E-state index contributed by atoms with van der Waals surface area (Å²) in [5.74, 6) is -0.986. The van der Waals surface area contributed by atoms with Crippen LogP contribution >= 0.6 is 0 Å². The fraction of sp³-hybridized carbons (Fsp3) is 0.818. The number of amides is 1. The van der Waals surface area contributed by atoms with Gasteiger partial charge in [0.1, 0.15) is 0 Å². The van der Waals surface area contributed by atoms with Crippen LogP contribution in [0, 0.1) is 0 Å². The van der Waals surface area contributed by atoms with E-state index in [4.69, 9.17) is 9.84 Å². The molecule has 6 nitrogen and oxygen atoms in total. The maximum absolute atomic E-state index is 11.6. The van der Waals surface area contributed by atoms with Gasteiger partial charge < -0.3 is 20.5 Å². The van der Waals surface area contributed by atoms with Gasteiger partial charge in [-0.3, -0.25) is 9.59 Å². The third-order valence-corrected chi connectivity index (χ3v) is 2.86. The maximum atomic E-state index is 11.6. The lowest BCUT2D eigenvalue weighted by molar-refractivity contribution is -0.140. The van der Waals surface area contributed by atoms with Crippen molar-refractivity contribution in [1.29, 1.82) is 0 Å². The monoisotopic (exact) mass is 244 g/mol. The van der Waals surface area contributed by atoms with Crippen molar-refractivity contribution in [1.82, 2.24) is 10.6 Å². The van der Waals surface area contributed by atoms with Crippen LogP contribution in [-0.4, -0.2) is 49.3 Å². The second-order valence-corrected chi connectivity index (χ2v) is 4.26. The maximum Gasteiger partial charge on any atom is 0.306 e. The Kier molecular flexibility index (Phi) is 5.93. The number of carbonyl (C=O) groups excluding carboxylic acids is 1. The van der Waals surface area contributed by atoms with Crippen molar-refractivity contribution in [3.63, 3.8) is 0 Å². The molecule has 1 fully saturated rings. The molecule has 1 amide bonds. The molecular formula is C11H20N2O4. The molecule has 3 N–H and O–H groups in total. The summed E-state index contributed by atoms with van der Waals surface area (Å²) >= 11 is 0. The highest BCUT2D eigenvalue weighted by Gasteiger charge is 2.19. The molecule has 0 aromatic heterocycles. The molecular weight excluding hydrogens is 224 g/mol. The minimum absolute atomic E-state index is 0.0585. The van der Waals surface area contributed by atoms with Crippen LogP contribution in [0.4, 0.5) is 0 Å². The third kappa shape index (κ3) is 5.65. The summed E-state index contributed by atoms with van der Waals surface area (Å²) in [6.45, 7) is 1.21. The van der Waals surface area contributed by atoms with E-state index in [-0.39, 0.29) is 24.9 Å². The van der Waals surface area contributed by atoms with Crippen molar-refractivity contribution in [3.8, 4) is 0 Å². The molecule has 6 heteroatoms. The van der Waals surface area contributed by atoms with Crippen LogP contribution in [0.15, 0.2) is 0 Å². The van der Waals surface area contributed by atoms with Gasteiger partial charge in [0.25, 0.3) is 0 Å². The normalized spacial score (nSPS) is 21.1. The number of ether oxygens (including phenoxy) is 1. The number of carboxylic acid groups (broad SMARTS) is 1. The van der Waals surface area contributed by atoms with Gasteiger partial charge in [0, 0.05) is 26.1 Å². The quantitative estimate of drug-likeness (QED) is 0.574. The first-order valence-corrected chi connectivity index (χ1v) is 5.86. The van der Waals surface area contributed by atoms with Crippen molar-refractivity contribution < 1.29 is 19.4 Å². The standard InChI is InChI=1S/C11H20N2O4/c1-17-9(6-11(15)16)7-13-10(14)5-8-3-2-4-12-8/h8-9,12H,2-7H2,1H3,(H,13,14)(H,15,16). The molecule has 1 aliphatic heterocycles. The molecule has 1 aliphatic rings. The number of carboxylic acids is 1. The summed E-state index contributed by atoms with van der Waals surface area (Å²) in [6.07, 6.45) is 2.02. The van der Waals surface area contributed by atoms with E-state index in [0.717, 1.165) is 19.4 Å².